The minimum Gasteiger partial charge on any atom is -0.328 e. The maximum Gasteiger partial charge on any atom is 0.466 e. The lowest BCUT2D eigenvalue weighted by Crippen LogP contribution is -1.81. The first-order valence-electron chi connectivity index (χ1n) is 1.35. The molecule has 4 N–H and O–H groups in total. The van der Waals surface area contributed by atoms with E-state index in [-0.39, 0.29) is 17.4 Å². The van der Waals surface area contributed by atoms with E-state index in [2.05, 4.69) is 0 Å². The van der Waals surface area contributed by atoms with Crippen molar-refractivity contribution in [2.75, 3.05) is 0 Å². The van der Waals surface area contributed by atoms with Crippen molar-refractivity contribution in [1.82, 2.24) is 0 Å². The average molecular weight is 191 g/mol. The van der Waals surface area contributed by atoms with Crippen molar-refractivity contribution < 1.29 is 29.5 Å². The summed E-state index contributed by atoms with van der Waals surface area (Å²) in [5.74, 6) is 0. The maximum atomic E-state index is 8.88. The molecule has 10 heteroatoms. The smallest absolute Gasteiger partial charge is 0.328 e. The van der Waals surface area contributed by atoms with Crippen LogP contribution in [0.15, 0.2) is 0 Å². The molecule has 0 aliphatic rings. The summed E-state index contributed by atoms with van der Waals surface area (Å²) in [7, 11) is -4.64. The summed E-state index contributed by atoms with van der Waals surface area (Å²) in [5, 5.41) is 13.6. The quantitative estimate of drug-likeness (QED) is 0.144. The van der Waals surface area contributed by atoms with Gasteiger partial charge in [0.05, 0.1) is 0 Å². The fraction of sp³-hybridized carbons (Fsp3) is 0. The van der Waals surface area contributed by atoms with Crippen LogP contribution in [0, 0.1) is 10.1 Å². The third kappa shape index (κ3) is 14800. The fourth-order valence-electron chi connectivity index (χ4n) is 0. The van der Waals surface area contributed by atoms with Crippen molar-refractivity contribution in [3.63, 3.8) is 0 Å². The number of rotatable bonds is 0. The largest absolute Gasteiger partial charge is 0.466 e. The van der Waals surface area contributed by atoms with Crippen molar-refractivity contribution in [3.05, 3.63) is 10.1 Å². The summed E-state index contributed by atoms with van der Waals surface area (Å²) in [6.45, 7) is 0. The average Bonchev–Trinajstić information content (AvgIpc) is 1.19. The van der Waals surface area contributed by atoms with E-state index in [4.69, 9.17) is 34.6 Å². The molecule has 0 fully saturated rings. The highest BCUT2D eigenvalue weighted by molar-refractivity contribution is 7.45. The predicted octanol–water partition coefficient (Wildman–Crippen LogP) is -2.46. The number of nitrogens with zero attached hydrogens (tertiary/aromatic N) is 1. The van der Waals surface area contributed by atoms with Crippen LogP contribution in [0.3, 0.4) is 0 Å². The second-order valence-corrected chi connectivity index (χ2v) is 1.78. The van der Waals surface area contributed by atoms with E-state index in [9.17, 15) is 0 Å². The van der Waals surface area contributed by atoms with Crippen molar-refractivity contribution in [2.45, 2.75) is 0 Å². The zero-order valence-electron chi connectivity index (χ0n) is 3.91. The van der Waals surface area contributed by atoms with Crippen LogP contribution in [-0.2, 0) is 4.57 Å². The molecule has 0 atom stereocenters. The molecule has 0 rings (SSSR count). The van der Waals surface area contributed by atoms with Crippen LogP contribution < -0.4 is 0 Å². The zero-order chi connectivity index (χ0) is 8.08. The van der Waals surface area contributed by atoms with E-state index < -0.39 is 12.9 Å². The van der Waals surface area contributed by atoms with E-state index >= 15 is 0 Å². The molecule has 0 spiro atoms. The Morgan fingerprint density at radius 2 is 1.30 bits per heavy atom. The highest BCUT2D eigenvalue weighted by atomic mass is 31.2. The maximum absolute atomic E-state index is 8.88. The first-order chi connectivity index (χ1) is 3.73. The van der Waals surface area contributed by atoms with Gasteiger partial charge in [-0.25, -0.2) is 4.57 Å². The van der Waals surface area contributed by atoms with Gasteiger partial charge < -0.3 is 19.9 Å². The summed E-state index contributed by atoms with van der Waals surface area (Å²) < 4.78 is 8.88. The molecule has 62 valence electrons. The summed E-state index contributed by atoms with van der Waals surface area (Å²) >= 11 is 0. The molecule has 0 saturated heterocycles. The molecule has 0 bridgehead atoms. The minimum absolute atomic E-state index is 0. The number of phosphoric acid groups is 1. The summed E-state index contributed by atoms with van der Waals surface area (Å²) in [6.07, 6.45) is 0. The molecular formula is H7AlNO7P. The Hall–Kier alpha value is -0.158. The van der Waals surface area contributed by atoms with Crippen LogP contribution in [0.2, 0.25) is 0 Å². The van der Waals surface area contributed by atoms with E-state index in [0.29, 0.717) is 0 Å². The van der Waals surface area contributed by atoms with Gasteiger partial charge >= 0.3 is 7.82 Å². The van der Waals surface area contributed by atoms with Crippen molar-refractivity contribution >= 4 is 25.2 Å². The van der Waals surface area contributed by atoms with Gasteiger partial charge in [0.15, 0.2) is 17.4 Å². The monoisotopic (exact) mass is 191 g/mol. The van der Waals surface area contributed by atoms with Gasteiger partial charge in [-0.05, 0) is 0 Å². The van der Waals surface area contributed by atoms with Crippen LogP contribution in [-0.4, -0.2) is 42.3 Å². The molecule has 0 radical (unpaired) electrons. The molecule has 0 aliphatic heterocycles. The Labute approximate surface area is 65.6 Å². The van der Waals surface area contributed by atoms with E-state index in [0.717, 1.165) is 0 Å². The van der Waals surface area contributed by atoms with Gasteiger partial charge in [-0.2, -0.15) is 0 Å². The van der Waals surface area contributed by atoms with Gasteiger partial charge in [0, 0.05) is 0 Å². The van der Waals surface area contributed by atoms with Crippen LogP contribution in [0.25, 0.3) is 0 Å². The van der Waals surface area contributed by atoms with Crippen LogP contribution in [0.4, 0.5) is 0 Å². The highest BCUT2D eigenvalue weighted by Crippen LogP contribution is 2.25. The molecule has 0 aromatic rings. The zero-order valence-corrected chi connectivity index (χ0v) is 4.80. The van der Waals surface area contributed by atoms with Crippen LogP contribution in [0.5, 0.6) is 0 Å². The molecule has 0 unspecified atom stereocenters. The third-order valence-corrected chi connectivity index (χ3v) is 0. The van der Waals surface area contributed by atoms with Crippen molar-refractivity contribution in [2.24, 2.45) is 0 Å². The van der Waals surface area contributed by atoms with Gasteiger partial charge in [0.2, 0.25) is 0 Å². The van der Waals surface area contributed by atoms with Crippen LogP contribution >= 0.6 is 7.82 Å². The molecule has 0 aromatic heterocycles. The summed E-state index contributed by atoms with van der Waals surface area (Å²) in [5.41, 5.74) is 0. The second-order valence-electron chi connectivity index (χ2n) is 0.751. The molecule has 0 amide bonds. The Kier molecular flexibility index (Phi) is 11.4. The summed E-state index contributed by atoms with van der Waals surface area (Å²) in [6, 6.07) is 0. The lowest BCUT2D eigenvalue weighted by molar-refractivity contribution is -0.742. The predicted molar refractivity (Wildman–Crippen MR) is 33.0 cm³/mol. The molecule has 0 aromatic carbocycles. The number of hydrogen-bond acceptors (Lipinski definition) is 3. The summed E-state index contributed by atoms with van der Waals surface area (Å²) in [4.78, 5) is 29.9. The minimum atomic E-state index is -4.64. The number of hydrogen-bond donors (Lipinski definition) is 4. The van der Waals surface area contributed by atoms with Gasteiger partial charge in [0.25, 0.3) is 5.09 Å². The molecule has 0 heterocycles. The Morgan fingerprint density at radius 1 is 1.30 bits per heavy atom. The lowest BCUT2D eigenvalue weighted by atomic mass is 13.1. The lowest BCUT2D eigenvalue weighted by Gasteiger charge is -1.82. The van der Waals surface area contributed by atoms with Gasteiger partial charge in [-0.15, -0.1) is 10.1 Å². The molecule has 0 saturated carbocycles. The van der Waals surface area contributed by atoms with E-state index in [1.807, 2.05) is 0 Å². The van der Waals surface area contributed by atoms with Gasteiger partial charge in [0.1, 0.15) is 0 Å². The van der Waals surface area contributed by atoms with Crippen LogP contribution in [0.1, 0.15) is 0 Å². The van der Waals surface area contributed by atoms with Gasteiger partial charge in [-0.3, -0.25) is 0 Å². The van der Waals surface area contributed by atoms with Crippen molar-refractivity contribution in [1.29, 1.82) is 0 Å². The SMILES string of the molecule is O=P(O)(O)O.O=[N+]([O-])O.[AlH3]. The first kappa shape index (κ1) is 16.4. The Morgan fingerprint density at radius 3 is 1.30 bits per heavy atom. The van der Waals surface area contributed by atoms with E-state index in [1.165, 1.54) is 0 Å². The highest BCUT2D eigenvalue weighted by Gasteiger charge is 2.00. The topological polar surface area (TPSA) is 141 Å². The second kappa shape index (κ2) is 6.96. The normalized spacial score (nSPS) is 8.30. The standard InChI is InChI=1S/Al.HNO3.H3O4P.3H/c;2-1(3)4;1-5(2,3)4;;;/h;(H,2,3,4);(H3,1,2,3,4);;;. The molecular weight excluding hydrogens is 184 g/mol. The first-order valence-corrected chi connectivity index (χ1v) is 2.91. The Bertz CT molecular complexity index is 113. The molecule has 10 heavy (non-hydrogen) atoms. The van der Waals surface area contributed by atoms with Crippen molar-refractivity contribution in [3.8, 4) is 0 Å². The molecule has 0 aliphatic carbocycles. The third-order valence-electron chi connectivity index (χ3n) is 0. The molecule has 8 nitrogen and oxygen atoms in total. The van der Waals surface area contributed by atoms with E-state index in [1.54, 1.807) is 0 Å². The Balaban J connectivity index is -0.0000000910. The fourth-order valence-corrected chi connectivity index (χ4v) is 0. The van der Waals surface area contributed by atoms with Gasteiger partial charge in [-0.1, -0.05) is 0 Å².